The van der Waals surface area contributed by atoms with E-state index in [1.54, 1.807) is 0 Å². The molecule has 1 N–H and O–H groups in total. The third-order valence-electron chi connectivity index (χ3n) is 3.71. The van der Waals surface area contributed by atoms with Gasteiger partial charge in [-0.25, -0.2) is 0 Å². The summed E-state index contributed by atoms with van der Waals surface area (Å²) in [5, 5.41) is 3.51. The smallest absolute Gasteiger partial charge is 0.0686 e. The number of nitrogens with zero attached hydrogens (tertiary/aromatic N) is 2. The van der Waals surface area contributed by atoms with Crippen molar-refractivity contribution in [2.24, 2.45) is 5.92 Å². The van der Waals surface area contributed by atoms with Crippen LogP contribution in [0.5, 0.6) is 0 Å². The second-order valence-electron chi connectivity index (χ2n) is 5.53. The maximum Gasteiger partial charge on any atom is 0.0686 e. The van der Waals surface area contributed by atoms with Gasteiger partial charge in [0, 0.05) is 28.2 Å². The fourth-order valence-corrected chi connectivity index (χ4v) is 3.88. The van der Waals surface area contributed by atoms with Crippen molar-refractivity contribution in [2.45, 2.75) is 32.7 Å². The minimum absolute atomic E-state index is 0.782. The molecule has 0 radical (unpaired) electrons. The SMILES string of the molecule is CCCN(Cc1ncc(Br)cc1Br)CC1CCCNC1. The molecule has 1 fully saturated rings. The minimum atomic E-state index is 0.782. The van der Waals surface area contributed by atoms with Crippen LogP contribution in [0.3, 0.4) is 0 Å². The largest absolute Gasteiger partial charge is 0.316 e. The van der Waals surface area contributed by atoms with E-state index in [2.05, 4.69) is 60.1 Å². The summed E-state index contributed by atoms with van der Waals surface area (Å²) in [5.41, 5.74) is 1.13. The predicted molar refractivity (Wildman–Crippen MR) is 90.8 cm³/mol. The van der Waals surface area contributed by atoms with Crippen LogP contribution < -0.4 is 5.32 Å². The van der Waals surface area contributed by atoms with Crippen LogP contribution >= 0.6 is 31.9 Å². The van der Waals surface area contributed by atoms with E-state index in [-0.39, 0.29) is 0 Å². The lowest BCUT2D eigenvalue weighted by atomic mass is 9.99. The van der Waals surface area contributed by atoms with E-state index in [4.69, 9.17) is 0 Å². The van der Waals surface area contributed by atoms with E-state index in [1.807, 2.05) is 6.20 Å². The molecule has 0 aliphatic carbocycles. The van der Waals surface area contributed by atoms with Gasteiger partial charge >= 0.3 is 0 Å². The topological polar surface area (TPSA) is 28.2 Å². The molecule has 1 saturated heterocycles. The third-order valence-corrected chi connectivity index (χ3v) is 4.83. The molecule has 0 aromatic carbocycles. The average Bonchev–Trinajstić information content (AvgIpc) is 2.43. The van der Waals surface area contributed by atoms with Crippen molar-refractivity contribution in [3.8, 4) is 0 Å². The normalized spacial score (nSPS) is 19.5. The number of aromatic nitrogens is 1. The van der Waals surface area contributed by atoms with Crippen molar-refractivity contribution in [1.82, 2.24) is 15.2 Å². The van der Waals surface area contributed by atoms with Gasteiger partial charge in [0.15, 0.2) is 0 Å². The van der Waals surface area contributed by atoms with Gasteiger partial charge in [0.2, 0.25) is 0 Å². The molecule has 0 saturated carbocycles. The van der Waals surface area contributed by atoms with Crippen LogP contribution in [-0.2, 0) is 6.54 Å². The van der Waals surface area contributed by atoms with Crippen molar-refractivity contribution >= 4 is 31.9 Å². The van der Waals surface area contributed by atoms with E-state index >= 15 is 0 Å². The van der Waals surface area contributed by atoms with Gasteiger partial charge in [0.05, 0.1) is 5.69 Å². The van der Waals surface area contributed by atoms with Gasteiger partial charge in [-0.3, -0.25) is 9.88 Å². The van der Waals surface area contributed by atoms with Gasteiger partial charge in [-0.1, -0.05) is 6.92 Å². The molecular weight excluding hydrogens is 382 g/mol. The molecule has 1 aromatic heterocycles. The Morgan fingerprint density at radius 2 is 2.30 bits per heavy atom. The van der Waals surface area contributed by atoms with Gasteiger partial charge in [-0.2, -0.15) is 0 Å². The van der Waals surface area contributed by atoms with Gasteiger partial charge in [0.1, 0.15) is 0 Å². The first-order chi connectivity index (χ1) is 9.69. The van der Waals surface area contributed by atoms with Crippen LogP contribution in [0.2, 0.25) is 0 Å². The summed E-state index contributed by atoms with van der Waals surface area (Å²) in [4.78, 5) is 7.08. The van der Waals surface area contributed by atoms with Crippen molar-refractivity contribution < 1.29 is 0 Å². The number of rotatable bonds is 6. The molecule has 1 aliphatic rings. The minimum Gasteiger partial charge on any atom is -0.316 e. The second kappa shape index (κ2) is 8.47. The zero-order valence-corrected chi connectivity index (χ0v) is 15.2. The molecule has 3 nitrogen and oxygen atoms in total. The van der Waals surface area contributed by atoms with Crippen LogP contribution in [0.25, 0.3) is 0 Å². The highest BCUT2D eigenvalue weighted by Crippen LogP contribution is 2.22. The van der Waals surface area contributed by atoms with E-state index in [9.17, 15) is 0 Å². The molecule has 2 heterocycles. The van der Waals surface area contributed by atoms with Gasteiger partial charge < -0.3 is 5.32 Å². The number of hydrogen-bond donors (Lipinski definition) is 1. The summed E-state index contributed by atoms with van der Waals surface area (Å²) in [5.74, 6) is 0.782. The lowest BCUT2D eigenvalue weighted by Gasteiger charge is -2.30. The molecule has 112 valence electrons. The van der Waals surface area contributed by atoms with Crippen LogP contribution in [0.1, 0.15) is 31.9 Å². The number of piperidine rings is 1. The molecule has 1 aromatic rings. The first-order valence-corrected chi connectivity index (χ1v) is 9.00. The molecule has 0 bridgehead atoms. The molecule has 0 amide bonds. The highest BCUT2D eigenvalue weighted by atomic mass is 79.9. The van der Waals surface area contributed by atoms with E-state index < -0.39 is 0 Å². The second-order valence-corrected chi connectivity index (χ2v) is 7.30. The van der Waals surface area contributed by atoms with Gasteiger partial charge in [0.25, 0.3) is 0 Å². The first kappa shape index (κ1) is 16.4. The van der Waals surface area contributed by atoms with Gasteiger partial charge in [-0.15, -0.1) is 0 Å². The number of hydrogen-bond acceptors (Lipinski definition) is 3. The highest BCUT2D eigenvalue weighted by molar-refractivity contribution is 9.11. The maximum atomic E-state index is 4.54. The first-order valence-electron chi connectivity index (χ1n) is 7.42. The predicted octanol–water partition coefficient (Wildman–Crippen LogP) is 3.82. The fraction of sp³-hybridized carbons (Fsp3) is 0.667. The zero-order valence-electron chi connectivity index (χ0n) is 12.0. The monoisotopic (exact) mass is 403 g/mol. The number of nitrogens with one attached hydrogen (secondary N) is 1. The summed E-state index contributed by atoms with van der Waals surface area (Å²) < 4.78 is 2.11. The van der Waals surface area contributed by atoms with Crippen LogP contribution in [0.4, 0.5) is 0 Å². The summed E-state index contributed by atoms with van der Waals surface area (Å²) in [6.45, 7) is 7.83. The van der Waals surface area contributed by atoms with Gasteiger partial charge in [-0.05, 0) is 82.7 Å². The van der Waals surface area contributed by atoms with Crippen LogP contribution in [-0.4, -0.2) is 36.1 Å². The average molecular weight is 405 g/mol. The fourth-order valence-electron chi connectivity index (χ4n) is 2.77. The Hall–Kier alpha value is 0.0300. The zero-order chi connectivity index (χ0) is 14.4. The Morgan fingerprint density at radius 3 is 2.95 bits per heavy atom. The Balaban J connectivity index is 1.96. The summed E-state index contributed by atoms with van der Waals surface area (Å²) in [6.07, 6.45) is 5.73. The third kappa shape index (κ3) is 5.10. The molecule has 20 heavy (non-hydrogen) atoms. The summed E-state index contributed by atoms with van der Waals surface area (Å²) in [7, 11) is 0. The van der Waals surface area contributed by atoms with Crippen molar-refractivity contribution in [3.05, 3.63) is 26.9 Å². The number of halogens is 2. The molecule has 5 heteroatoms. The molecule has 2 rings (SSSR count). The summed E-state index contributed by atoms with van der Waals surface area (Å²) >= 11 is 7.08. The van der Waals surface area contributed by atoms with E-state index in [1.165, 1.54) is 32.4 Å². The Kier molecular flexibility index (Phi) is 6.94. The van der Waals surface area contributed by atoms with E-state index in [0.29, 0.717) is 0 Å². The quantitative estimate of drug-likeness (QED) is 0.780. The Bertz CT molecular complexity index is 420. The standard InChI is InChI=1S/C15H23Br2N3/c1-2-6-20(10-12-4-3-5-18-8-12)11-15-14(17)7-13(16)9-19-15/h7,9,12,18H,2-6,8,10-11H2,1H3. The molecule has 1 aliphatic heterocycles. The van der Waals surface area contributed by atoms with E-state index in [0.717, 1.165) is 40.2 Å². The van der Waals surface area contributed by atoms with Crippen molar-refractivity contribution in [2.75, 3.05) is 26.2 Å². The highest BCUT2D eigenvalue weighted by Gasteiger charge is 2.17. The number of pyridine rings is 1. The molecular formula is C15H23Br2N3. The molecule has 0 spiro atoms. The van der Waals surface area contributed by atoms with Crippen LogP contribution in [0, 0.1) is 5.92 Å². The Morgan fingerprint density at radius 1 is 1.45 bits per heavy atom. The lowest BCUT2D eigenvalue weighted by Crippen LogP contribution is -2.38. The maximum absolute atomic E-state index is 4.54. The Labute approximate surface area is 138 Å². The van der Waals surface area contributed by atoms with Crippen LogP contribution in [0.15, 0.2) is 21.2 Å². The molecule has 1 unspecified atom stereocenters. The van der Waals surface area contributed by atoms with Crippen molar-refractivity contribution in [1.29, 1.82) is 0 Å². The van der Waals surface area contributed by atoms with Crippen molar-refractivity contribution in [3.63, 3.8) is 0 Å². The summed E-state index contributed by atoms with van der Waals surface area (Å²) in [6, 6.07) is 2.08. The molecule has 1 atom stereocenters. The lowest BCUT2D eigenvalue weighted by molar-refractivity contribution is 0.199.